The van der Waals surface area contributed by atoms with Gasteiger partial charge in [0.05, 0.1) is 0 Å². The van der Waals surface area contributed by atoms with E-state index < -0.39 is 14.4 Å². The van der Waals surface area contributed by atoms with Crippen LogP contribution in [-0.2, 0) is 7.45 Å². The molecule has 0 aromatic carbocycles. The second-order valence-corrected chi connectivity index (χ2v) is 4.46. The van der Waals surface area contributed by atoms with Crippen LogP contribution in [0.2, 0.25) is 0 Å². The Morgan fingerprint density at radius 1 is 1.25 bits per heavy atom. The summed E-state index contributed by atoms with van der Waals surface area (Å²) in [5, 5.41) is 0. The van der Waals surface area contributed by atoms with Crippen LogP contribution < -0.4 is 0 Å². The molecule has 0 N–H and O–H groups in total. The monoisotopic (exact) mass is 200 g/mol. The Balaban J connectivity index is 2.92. The Hall–Kier alpha value is 0.768. The standard InChI is InChI=1S/C4H10AsClO2/c1-3-7-5(6)8-4-2/h3-4H2,1-2H3. The molecule has 50 valence electrons. The van der Waals surface area contributed by atoms with E-state index in [1.54, 1.807) is 0 Å². The van der Waals surface area contributed by atoms with Gasteiger partial charge in [0.25, 0.3) is 0 Å². The van der Waals surface area contributed by atoms with Crippen LogP contribution in [0.15, 0.2) is 0 Å². The van der Waals surface area contributed by atoms with Gasteiger partial charge in [-0.05, 0) is 0 Å². The van der Waals surface area contributed by atoms with Gasteiger partial charge in [-0.1, -0.05) is 0 Å². The number of hydrogen-bond donors (Lipinski definition) is 0. The average molecular weight is 200 g/mol. The topological polar surface area (TPSA) is 18.5 Å². The van der Waals surface area contributed by atoms with Crippen molar-refractivity contribution in [1.29, 1.82) is 0 Å². The van der Waals surface area contributed by atoms with Gasteiger partial charge in [-0.2, -0.15) is 0 Å². The minimum absolute atomic E-state index is 0.656. The third-order valence-corrected chi connectivity index (χ3v) is 3.41. The molecule has 0 fully saturated rings. The Morgan fingerprint density at radius 2 is 1.62 bits per heavy atom. The molecule has 0 heterocycles. The summed E-state index contributed by atoms with van der Waals surface area (Å²) in [7, 11) is 5.58. The quantitative estimate of drug-likeness (QED) is 0.637. The van der Waals surface area contributed by atoms with Crippen LogP contribution in [0.1, 0.15) is 13.8 Å². The molecule has 0 rings (SSSR count). The van der Waals surface area contributed by atoms with Crippen LogP contribution in [0.4, 0.5) is 0 Å². The van der Waals surface area contributed by atoms with Crippen molar-refractivity contribution in [3.05, 3.63) is 0 Å². The summed E-state index contributed by atoms with van der Waals surface area (Å²) in [4.78, 5) is 0. The zero-order chi connectivity index (χ0) is 6.41. The maximum atomic E-state index is 5.58. The van der Waals surface area contributed by atoms with Gasteiger partial charge in [0.2, 0.25) is 0 Å². The van der Waals surface area contributed by atoms with Crippen molar-refractivity contribution < 1.29 is 7.45 Å². The van der Waals surface area contributed by atoms with Gasteiger partial charge in [0.15, 0.2) is 0 Å². The van der Waals surface area contributed by atoms with Crippen LogP contribution >= 0.6 is 9.95 Å². The second kappa shape index (κ2) is 5.90. The summed E-state index contributed by atoms with van der Waals surface area (Å²) in [6.45, 7) is 5.12. The predicted octanol–water partition coefficient (Wildman–Crippen LogP) is 1.28. The summed E-state index contributed by atoms with van der Waals surface area (Å²) in [6.07, 6.45) is 0. The normalized spacial score (nSPS) is 10.5. The third kappa shape index (κ3) is 4.92. The van der Waals surface area contributed by atoms with Gasteiger partial charge in [-0.3, -0.25) is 0 Å². The minimum atomic E-state index is -1.79. The molecule has 0 amide bonds. The van der Waals surface area contributed by atoms with E-state index in [4.69, 9.17) is 17.4 Å². The first kappa shape index (κ1) is 8.77. The molecule has 8 heavy (non-hydrogen) atoms. The third-order valence-electron chi connectivity index (χ3n) is 0.461. The van der Waals surface area contributed by atoms with E-state index in [-0.39, 0.29) is 0 Å². The molecule has 0 saturated heterocycles. The van der Waals surface area contributed by atoms with Gasteiger partial charge in [0, 0.05) is 0 Å². The summed E-state index contributed by atoms with van der Waals surface area (Å²) in [5.74, 6) is 0. The van der Waals surface area contributed by atoms with Crippen molar-refractivity contribution >= 4 is 24.3 Å². The van der Waals surface area contributed by atoms with Crippen molar-refractivity contribution in [2.24, 2.45) is 0 Å². The van der Waals surface area contributed by atoms with E-state index >= 15 is 0 Å². The fourth-order valence-corrected chi connectivity index (χ4v) is 2.26. The molecule has 4 heteroatoms. The van der Waals surface area contributed by atoms with Gasteiger partial charge < -0.3 is 0 Å². The van der Waals surface area contributed by atoms with Crippen LogP contribution in [0.25, 0.3) is 0 Å². The number of halogens is 1. The molecule has 0 spiro atoms. The zero-order valence-electron chi connectivity index (χ0n) is 5.06. The first-order chi connectivity index (χ1) is 3.81. The fourth-order valence-electron chi connectivity index (χ4n) is 0.240. The average Bonchev–Trinajstić information content (AvgIpc) is 1.68. The molecule has 0 aliphatic heterocycles. The summed E-state index contributed by atoms with van der Waals surface area (Å²) in [6, 6.07) is 0. The molecular weight excluding hydrogens is 190 g/mol. The molecule has 0 aromatic rings. The van der Waals surface area contributed by atoms with Crippen LogP contribution in [-0.4, -0.2) is 27.6 Å². The molecule has 0 unspecified atom stereocenters. The molecule has 0 radical (unpaired) electrons. The SMILES string of the molecule is CCO[As](Cl)OCC. The molecule has 0 aliphatic carbocycles. The Labute approximate surface area is 59.2 Å². The first-order valence-corrected chi connectivity index (χ1v) is 6.52. The van der Waals surface area contributed by atoms with E-state index in [1.165, 1.54) is 0 Å². The van der Waals surface area contributed by atoms with Gasteiger partial charge in [0.1, 0.15) is 0 Å². The first-order valence-electron chi connectivity index (χ1n) is 2.53. The summed E-state index contributed by atoms with van der Waals surface area (Å²) in [5.41, 5.74) is 0. The molecule has 2 nitrogen and oxygen atoms in total. The van der Waals surface area contributed by atoms with Crippen molar-refractivity contribution in [3.8, 4) is 0 Å². The van der Waals surface area contributed by atoms with Crippen LogP contribution in [0.5, 0.6) is 0 Å². The summed E-state index contributed by atoms with van der Waals surface area (Å²) >= 11 is -1.79. The Kier molecular flexibility index (Phi) is 6.46. The predicted molar refractivity (Wildman–Crippen MR) is 34.9 cm³/mol. The molecule has 0 atom stereocenters. The second-order valence-electron chi connectivity index (χ2n) is 1.05. The molecule has 0 saturated carbocycles. The van der Waals surface area contributed by atoms with Crippen molar-refractivity contribution in [3.63, 3.8) is 0 Å². The Morgan fingerprint density at radius 3 is 1.88 bits per heavy atom. The van der Waals surface area contributed by atoms with Crippen molar-refractivity contribution in [2.75, 3.05) is 13.2 Å². The van der Waals surface area contributed by atoms with Gasteiger partial charge >= 0.3 is 58.9 Å². The zero-order valence-corrected chi connectivity index (χ0v) is 7.69. The molecular formula is C4H10AsClO2. The van der Waals surface area contributed by atoms with E-state index in [0.717, 1.165) is 0 Å². The van der Waals surface area contributed by atoms with Crippen molar-refractivity contribution in [1.82, 2.24) is 0 Å². The fraction of sp³-hybridized carbons (Fsp3) is 1.00. The molecule has 0 bridgehead atoms. The maximum absolute atomic E-state index is 5.58. The van der Waals surface area contributed by atoms with Gasteiger partial charge in [-0.15, -0.1) is 0 Å². The van der Waals surface area contributed by atoms with Crippen LogP contribution in [0, 0.1) is 0 Å². The number of rotatable bonds is 4. The number of hydrogen-bond acceptors (Lipinski definition) is 2. The van der Waals surface area contributed by atoms with Gasteiger partial charge in [-0.25, -0.2) is 0 Å². The van der Waals surface area contributed by atoms with E-state index in [9.17, 15) is 0 Å². The van der Waals surface area contributed by atoms with Crippen molar-refractivity contribution in [2.45, 2.75) is 13.8 Å². The molecule has 0 aromatic heterocycles. The Bertz CT molecular complexity index is 47.3. The van der Waals surface area contributed by atoms with E-state index in [1.807, 2.05) is 13.8 Å². The van der Waals surface area contributed by atoms with E-state index in [2.05, 4.69) is 0 Å². The molecule has 0 aliphatic rings. The van der Waals surface area contributed by atoms with Crippen LogP contribution in [0.3, 0.4) is 0 Å². The summed E-state index contributed by atoms with van der Waals surface area (Å²) < 4.78 is 9.94. The van der Waals surface area contributed by atoms with E-state index in [0.29, 0.717) is 13.2 Å².